The number of carbonyl (C=O) groups excluding carboxylic acids is 1. The average Bonchev–Trinajstić information content (AvgIpc) is 2.89. The van der Waals surface area contributed by atoms with Crippen LogP contribution in [0.25, 0.3) is 0 Å². The Morgan fingerprint density at radius 2 is 1.76 bits per heavy atom. The van der Waals surface area contributed by atoms with Crippen LogP contribution in [0.3, 0.4) is 0 Å². The maximum atomic E-state index is 13.6. The van der Waals surface area contributed by atoms with Gasteiger partial charge in [0.2, 0.25) is 15.9 Å². The Balaban J connectivity index is 1.30. The van der Waals surface area contributed by atoms with Gasteiger partial charge in [0.1, 0.15) is 12.4 Å². The van der Waals surface area contributed by atoms with Crippen LogP contribution in [0, 0.1) is 13.8 Å². The second-order valence-electron chi connectivity index (χ2n) is 9.46. The number of methoxy groups -OCH3 is 1. The van der Waals surface area contributed by atoms with Gasteiger partial charge in [-0.2, -0.15) is 4.31 Å². The van der Waals surface area contributed by atoms with Gasteiger partial charge in [0, 0.05) is 51.7 Å². The quantitative estimate of drug-likeness (QED) is 0.479. The van der Waals surface area contributed by atoms with Gasteiger partial charge in [0.25, 0.3) is 0 Å². The molecule has 1 aromatic carbocycles. The summed E-state index contributed by atoms with van der Waals surface area (Å²) in [5.41, 5.74) is 2.45. The highest BCUT2D eigenvalue weighted by Gasteiger charge is 2.36. The molecule has 0 radical (unpaired) electrons. The number of nitrogens with zero attached hydrogens (tertiary/aromatic N) is 4. The molecule has 0 aliphatic carbocycles. The molecule has 2 saturated heterocycles. The first-order valence-corrected chi connectivity index (χ1v) is 13.9. The highest BCUT2D eigenvalue weighted by atomic mass is 32.2. The first-order valence-electron chi connectivity index (χ1n) is 12.5. The van der Waals surface area contributed by atoms with Gasteiger partial charge in [0.15, 0.2) is 0 Å². The van der Waals surface area contributed by atoms with E-state index in [-0.39, 0.29) is 37.2 Å². The average molecular weight is 533 g/mol. The number of ether oxygens (including phenoxy) is 3. The standard InChI is InChI=1S/C26H36N4O6S/c1-20-14-24(34-3)15-21(2)26(20)37(32,33)30-12-13-35-17-23(30)18-36-19-25(31)29-10-8-28(9-11-29)16-22-4-6-27-7-5-22/h4-7,14-15,23H,8-13,16-19H2,1-3H3/t23-/m0/s1. The molecule has 1 aromatic heterocycles. The molecule has 1 amide bonds. The molecule has 0 unspecified atom stereocenters. The third-order valence-electron chi connectivity index (χ3n) is 6.83. The molecule has 0 N–H and O–H groups in total. The third-order valence-corrected chi connectivity index (χ3v) is 9.08. The number of benzene rings is 1. The summed E-state index contributed by atoms with van der Waals surface area (Å²) in [7, 11) is -2.23. The summed E-state index contributed by atoms with van der Waals surface area (Å²) in [6.45, 7) is 7.97. The fraction of sp³-hybridized carbons (Fsp3) is 0.538. The molecule has 4 rings (SSSR count). The van der Waals surface area contributed by atoms with E-state index < -0.39 is 16.1 Å². The molecule has 3 heterocycles. The number of piperazine rings is 1. The van der Waals surface area contributed by atoms with Gasteiger partial charge in [-0.05, 0) is 54.8 Å². The Kier molecular flexibility index (Phi) is 9.14. The summed E-state index contributed by atoms with van der Waals surface area (Å²) >= 11 is 0. The Hall–Kier alpha value is -2.57. The number of aryl methyl sites for hydroxylation is 2. The normalized spacial score (nSPS) is 19.6. The number of aromatic nitrogens is 1. The number of carbonyl (C=O) groups is 1. The van der Waals surface area contributed by atoms with Gasteiger partial charge in [-0.25, -0.2) is 8.42 Å². The second kappa shape index (κ2) is 12.3. The number of amides is 1. The summed E-state index contributed by atoms with van der Waals surface area (Å²) in [4.78, 5) is 21.2. The van der Waals surface area contributed by atoms with E-state index in [0.29, 0.717) is 36.6 Å². The molecule has 37 heavy (non-hydrogen) atoms. The topological polar surface area (TPSA) is 102 Å². The number of sulfonamides is 1. The zero-order valence-electron chi connectivity index (χ0n) is 21.8. The van der Waals surface area contributed by atoms with Crippen molar-refractivity contribution in [1.29, 1.82) is 0 Å². The molecule has 2 fully saturated rings. The van der Waals surface area contributed by atoms with Crippen LogP contribution in [0.15, 0.2) is 41.6 Å². The molecule has 0 spiro atoms. The Morgan fingerprint density at radius 3 is 2.41 bits per heavy atom. The van der Waals surface area contributed by atoms with E-state index in [1.54, 1.807) is 50.4 Å². The highest BCUT2D eigenvalue weighted by molar-refractivity contribution is 7.89. The third kappa shape index (κ3) is 6.66. The number of morpholine rings is 1. The lowest BCUT2D eigenvalue weighted by atomic mass is 10.1. The van der Waals surface area contributed by atoms with E-state index in [9.17, 15) is 13.2 Å². The van der Waals surface area contributed by atoms with Gasteiger partial charge < -0.3 is 19.1 Å². The molecule has 11 heteroatoms. The first-order chi connectivity index (χ1) is 17.8. The van der Waals surface area contributed by atoms with Crippen molar-refractivity contribution in [2.75, 3.05) is 66.3 Å². The Morgan fingerprint density at radius 1 is 1.08 bits per heavy atom. The van der Waals surface area contributed by atoms with Crippen LogP contribution in [0.1, 0.15) is 16.7 Å². The van der Waals surface area contributed by atoms with Crippen molar-refractivity contribution in [3.8, 4) is 5.75 Å². The minimum absolute atomic E-state index is 0.0846. The van der Waals surface area contributed by atoms with Crippen molar-refractivity contribution in [3.63, 3.8) is 0 Å². The molecule has 0 bridgehead atoms. The van der Waals surface area contributed by atoms with Crippen LogP contribution >= 0.6 is 0 Å². The lowest BCUT2D eigenvalue weighted by Crippen LogP contribution is -2.52. The zero-order chi connectivity index (χ0) is 26.4. The van der Waals surface area contributed by atoms with Crippen molar-refractivity contribution in [2.24, 2.45) is 0 Å². The van der Waals surface area contributed by atoms with Gasteiger partial charge in [-0.1, -0.05) is 0 Å². The lowest BCUT2D eigenvalue weighted by molar-refractivity contribution is -0.139. The van der Waals surface area contributed by atoms with E-state index in [1.807, 2.05) is 12.1 Å². The molecule has 2 aliphatic heterocycles. The SMILES string of the molecule is COc1cc(C)c(S(=O)(=O)N2CCOC[C@H]2COCC(=O)N2CCN(Cc3ccncc3)CC2)c(C)c1. The summed E-state index contributed by atoms with van der Waals surface area (Å²) in [6, 6.07) is 6.94. The fourth-order valence-corrected chi connectivity index (χ4v) is 6.91. The van der Waals surface area contributed by atoms with Gasteiger partial charge in [-0.3, -0.25) is 14.7 Å². The fourth-order valence-electron chi connectivity index (χ4n) is 4.92. The number of hydrogen-bond acceptors (Lipinski definition) is 8. The molecular weight excluding hydrogens is 496 g/mol. The van der Waals surface area contributed by atoms with Crippen molar-refractivity contribution in [2.45, 2.75) is 31.3 Å². The number of rotatable bonds is 9. The van der Waals surface area contributed by atoms with E-state index >= 15 is 0 Å². The maximum Gasteiger partial charge on any atom is 0.248 e. The molecule has 2 aliphatic rings. The van der Waals surface area contributed by atoms with Gasteiger partial charge in [-0.15, -0.1) is 0 Å². The van der Waals surface area contributed by atoms with Crippen LogP contribution < -0.4 is 4.74 Å². The van der Waals surface area contributed by atoms with Crippen molar-refractivity contribution in [3.05, 3.63) is 53.3 Å². The van der Waals surface area contributed by atoms with Crippen molar-refractivity contribution >= 4 is 15.9 Å². The van der Waals surface area contributed by atoms with E-state index in [4.69, 9.17) is 14.2 Å². The maximum absolute atomic E-state index is 13.6. The summed E-state index contributed by atoms with van der Waals surface area (Å²) in [6.07, 6.45) is 3.57. The molecule has 0 saturated carbocycles. The monoisotopic (exact) mass is 532 g/mol. The number of hydrogen-bond donors (Lipinski definition) is 0. The summed E-state index contributed by atoms with van der Waals surface area (Å²) in [5, 5.41) is 0. The first kappa shape index (κ1) is 27.5. The summed E-state index contributed by atoms with van der Waals surface area (Å²) < 4.78 is 45.3. The van der Waals surface area contributed by atoms with Crippen LogP contribution in [-0.2, 0) is 30.8 Å². The van der Waals surface area contributed by atoms with Crippen LogP contribution in [0.5, 0.6) is 5.75 Å². The Labute approximate surface area is 219 Å². The second-order valence-corrected chi connectivity index (χ2v) is 11.3. The predicted molar refractivity (Wildman–Crippen MR) is 138 cm³/mol. The minimum atomic E-state index is -3.79. The van der Waals surface area contributed by atoms with Crippen molar-refractivity contribution < 1.29 is 27.4 Å². The zero-order valence-corrected chi connectivity index (χ0v) is 22.6. The van der Waals surface area contributed by atoms with Crippen LogP contribution in [0.2, 0.25) is 0 Å². The van der Waals surface area contributed by atoms with Gasteiger partial charge >= 0.3 is 0 Å². The van der Waals surface area contributed by atoms with E-state index in [1.165, 1.54) is 9.87 Å². The largest absolute Gasteiger partial charge is 0.497 e. The van der Waals surface area contributed by atoms with E-state index in [0.717, 1.165) is 19.6 Å². The van der Waals surface area contributed by atoms with E-state index in [2.05, 4.69) is 9.88 Å². The molecule has 10 nitrogen and oxygen atoms in total. The Bertz CT molecular complexity index is 1150. The smallest absolute Gasteiger partial charge is 0.248 e. The number of pyridine rings is 1. The minimum Gasteiger partial charge on any atom is -0.497 e. The van der Waals surface area contributed by atoms with Crippen LogP contribution in [-0.4, -0.2) is 106 Å². The van der Waals surface area contributed by atoms with Crippen LogP contribution in [0.4, 0.5) is 0 Å². The van der Waals surface area contributed by atoms with Crippen molar-refractivity contribution in [1.82, 2.24) is 19.1 Å². The lowest BCUT2D eigenvalue weighted by Gasteiger charge is -2.36. The molecular formula is C26H36N4O6S. The predicted octanol–water partition coefficient (Wildman–Crippen LogP) is 1.46. The van der Waals surface area contributed by atoms with Gasteiger partial charge in [0.05, 0.1) is 37.9 Å². The molecule has 1 atom stereocenters. The summed E-state index contributed by atoms with van der Waals surface area (Å²) in [5.74, 6) is 0.532. The molecule has 202 valence electrons. The highest BCUT2D eigenvalue weighted by Crippen LogP contribution is 2.30. The molecule has 2 aromatic rings.